The van der Waals surface area contributed by atoms with Gasteiger partial charge in [0.05, 0.1) is 0 Å². The van der Waals surface area contributed by atoms with Gasteiger partial charge in [0.15, 0.2) is 14.8 Å². The van der Waals surface area contributed by atoms with Crippen molar-refractivity contribution in [1.29, 1.82) is 0 Å². The molecule has 0 aromatic carbocycles. The molecule has 0 unspecified atom stereocenters. The maximum absolute atomic E-state index is 11.5. The first-order valence-electron chi connectivity index (χ1n) is 5.93. The molecule has 0 aliphatic carbocycles. The second kappa shape index (κ2) is 8.29. The first-order valence-corrected chi connectivity index (χ1v) is 14.4. The molecule has 0 saturated heterocycles. The fraction of sp³-hybridized carbons (Fsp3) is 1.00. The molecule has 0 rings (SSSR count). The van der Waals surface area contributed by atoms with Gasteiger partial charge in [-0.05, 0) is 12.1 Å². The zero-order chi connectivity index (χ0) is 16.8. The van der Waals surface area contributed by atoms with E-state index in [1.54, 1.807) is 26.2 Å². The van der Waals surface area contributed by atoms with Gasteiger partial charge in [-0.2, -0.15) is 48.5 Å². The molecule has 0 aliphatic rings. The third-order valence-corrected chi connectivity index (χ3v) is 6.02. The molecule has 0 saturated carbocycles. The highest BCUT2D eigenvalue weighted by Crippen LogP contribution is 2.28. The number of hydrogen-bond acceptors (Lipinski definition) is 0. The Balaban J connectivity index is 0. The van der Waals surface area contributed by atoms with Gasteiger partial charge in [-0.3, -0.25) is 0 Å². The summed E-state index contributed by atoms with van der Waals surface area (Å²) in [5.41, 5.74) is 0. The van der Waals surface area contributed by atoms with Gasteiger partial charge in [0.25, 0.3) is 0 Å². The van der Waals surface area contributed by atoms with Crippen LogP contribution in [0.15, 0.2) is 0 Å². The Morgan fingerprint density at radius 2 is 0.850 bits per heavy atom. The van der Waals surface area contributed by atoms with Crippen molar-refractivity contribution in [3.8, 4) is 0 Å². The van der Waals surface area contributed by atoms with Crippen LogP contribution >= 0.6 is 22.2 Å². The van der Waals surface area contributed by atoms with Crippen molar-refractivity contribution >= 4 is 36.9 Å². The van der Waals surface area contributed by atoms with Crippen molar-refractivity contribution in [2.24, 2.45) is 0 Å². The fourth-order valence-electron chi connectivity index (χ4n) is 0.878. The SMILES string of the molecule is C[Si](C)(Cl)CCC(F)(F)F.C[Si](C)(Cl)CCC(F)(F)F. The van der Waals surface area contributed by atoms with E-state index < -0.39 is 40.0 Å². The molecular formula is C10H20Cl2F6Si2. The number of alkyl halides is 6. The summed E-state index contributed by atoms with van der Waals surface area (Å²) in [6.45, 7) is 6.83. The largest absolute Gasteiger partial charge is 0.388 e. The molecule has 0 N–H and O–H groups in total. The standard InChI is InChI=1S/2C5H10ClF3Si/c2*1-10(2,6)4-3-5(7,8)9/h2*3-4H2,1-2H3. The fourth-order valence-corrected chi connectivity index (χ4v) is 3.20. The van der Waals surface area contributed by atoms with Crippen LogP contribution in [0.1, 0.15) is 12.8 Å². The van der Waals surface area contributed by atoms with Crippen molar-refractivity contribution in [2.45, 2.75) is 63.5 Å². The zero-order valence-corrected chi connectivity index (χ0v) is 15.4. The second-order valence-corrected chi connectivity index (χ2v) is 19.7. The minimum atomic E-state index is -4.04. The van der Waals surface area contributed by atoms with Crippen LogP contribution in [-0.2, 0) is 0 Å². The van der Waals surface area contributed by atoms with E-state index in [1.165, 1.54) is 0 Å². The number of rotatable bonds is 4. The molecule has 0 nitrogen and oxygen atoms in total. The van der Waals surface area contributed by atoms with Gasteiger partial charge in [0.2, 0.25) is 0 Å². The summed E-state index contributed by atoms with van der Waals surface area (Å²) in [7, 11) is -4.03. The molecule has 0 spiro atoms. The predicted octanol–water partition coefficient (Wildman–Crippen LogP) is 6.77. The van der Waals surface area contributed by atoms with Crippen molar-refractivity contribution in [3.05, 3.63) is 0 Å². The van der Waals surface area contributed by atoms with Crippen LogP contribution in [-0.4, -0.2) is 27.1 Å². The van der Waals surface area contributed by atoms with Crippen molar-refractivity contribution in [1.82, 2.24) is 0 Å². The molecule has 0 amide bonds. The van der Waals surface area contributed by atoms with Crippen LogP contribution in [0.5, 0.6) is 0 Å². The topological polar surface area (TPSA) is 0 Å². The van der Waals surface area contributed by atoms with Crippen LogP contribution in [0, 0.1) is 0 Å². The smallest absolute Gasteiger partial charge is 0.171 e. The highest BCUT2D eigenvalue weighted by atomic mass is 35.6. The molecule has 0 atom stereocenters. The molecule has 124 valence electrons. The third-order valence-electron chi connectivity index (χ3n) is 2.01. The van der Waals surface area contributed by atoms with Crippen molar-refractivity contribution in [3.63, 3.8) is 0 Å². The maximum Gasteiger partial charge on any atom is 0.388 e. The summed E-state index contributed by atoms with van der Waals surface area (Å²) in [6.07, 6.45) is -9.57. The molecule has 0 heterocycles. The van der Waals surface area contributed by atoms with Gasteiger partial charge < -0.3 is 0 Å². The molecule has 20 heavy (non-hydrogen) atoms. The van der Waals surface area contributed by atoms with Crippen LogP contribution < -0.4 is 0 Å². The number of hydrogen-bond donors (Lipinski definition) is 0. The molecule has 10 heteroatoms. The lowest BCUT2D eigenvalue weighted by molar-refractivity contribution is -0.131. The van der Waals surface area contributed by atoms with Gasteiger partial charge in [0.1, 0.15) is 0 Å². The van der Waals surface area contributed by atoms with E-state index in [4.69, 9.17) is 22.2 Å². The Kier molecular flexibility index (Phi) is 9.47. The minimum Gasteiger partial charge on any atom is -0.171 e. The minimum absolute atomic E-state index is 0.109. The van der Waals surface area contributed by atoms with Crippen molar-refractivity contribution < 1.29 is 26.3 Å². The third kappa shape index (κ3) is 27.0. The molecule has 0 aliphatic heterocycles. The molecule has 0 aromatic heterocycles. The van der Waals surface area contributed by atoms with Gasteiger partial charge in [-0.15, -0.1) is 0 Å². The van der Waals surface area contributed by atoms with Gasteiger partial charge in [0, 0.05) is 12.8 Å². The van der Waals surface area contributed by atoms with Crippen LogP contribution in [0.3, 0.4) is 0 Å². The average Bonchev–Trinajstić information content (AvgIpc) is 2.09. The Morgan fingerprint density at radius 1 is 0.650 bits per heavy atom. The summed E-state index contributed by atoms with van der Waals surface area (Å²) >= 11 is 11.4. The molecule has 0 bridgehead atoms. The second-order valence-electron chi connectivity index (χ2n) is 5.67. The van der Waals surface area contributed by atoms with Gasteiger partial charge >= 0.3 is 12.4 Å². The van der Waals surface area contributed by atoms with Crippen molar-refractivity contribution in [2.75, 3.05) is 0 Å². The Labute approximate surface area is 127 Å². The molecular weight excluding hydrogens is 361 g/mol. The summed E-state index contributed by atoms with van der Waals surface area (Å²) < 4.78 is 69.3. The summed E-state index contributed by atoms with van der Waals surface area (Å²) in [4.78, 5) is 0. The van der Waals surface area contributed by atoms with Crippen LogP contribution in [0.2, 0.25) is 38.3 Å². The van der Waals surface area contributed by atoms with Gasteiger partial charge in [-0.1, -0.05) is 26.2 Å². The Hall–Kier alpha value is 0.594. The summed E-state index contributed by atoms with van der Waals surface area (Å²) in [5, 5.41) is 0. The van der Waals surface area contributed by atoms with E-state index in [-0.39, 0.29) is 12.1 Å². The summed E-state index contributed by atoms with van der Waals surface area (Å²) in [6, 6.07) is 0.218. The molecule has 0 radical (unpaired) electrons. The predicted molar refractivity (Wildman–Crippen MR) is 77.6 cm³/mol. The first kappa shape index (κ1) is 22.9. The lowest BCUT2D eigenvalue weighted by atomic mass is 10.5. The van der Waals surface area contributed by atoms with E-state index >= 15 is 0 Å². The van der Waals surface area contributed by atoms with E-state index in [1.807, 2.05) is 0 Å². The molecule has 0 aromatic rings. The number of halogens is 8. The maximum atomic E-state index is 11.5. The zero-order valence-electron chi connectivity index (χ0n) is 11.9. The highest BCUT2D eigenvalue weighted by molar-refractivity contribution is 7.19. The Bertz CT molecular complexity index is 209. The van der Waals surface area contributed by atoms with E-state index in [9.17, 15) is 26.3 Å². The average molecular weight is 381 g/mol. The van der Waals surface area contributed by atoms with Gasteiger partial charge in [-0.25, -0.2) is 0 Å². The van der Waals surface area contributed by atoms with Crippen LogP contribution in [0.4, 0.5) is 26.3 Å². The lowest BCUT2D eigenvalue weighted by Gasteiger charge is -2.13. The molecule has 0 fully saturated rings. The van der Waals surface area contributed by atoms with Crippen LogP contribution in [0.25, 0.3) is 0 Å². The van der Waals surface area contributed by atoms with E-state index in [2.05, 4.69) is 0 Å². The lowest BCUT2D eigenvalue weighted by Crippen LogP contribution is -2.20. The van der Waals surface area contributed by atoms with E-state index in [0.717, 1.165) is 0 Å². The quantitative estimate of drug-likeness (QED) is 0.287. The first-order chi connectivity index (χ1) is 8.41. The summed E-state index contributed by atoms with van der Waals surface area (Å²) in [5.74, 6) is 0. The monoisotopic (exact) mass is 380 g/mol. The normalized spacial score (nSPS) is 13.8. The van der Waals surface area contributed by atoms with E-state index in [0.29, 0.717) is 0 Å². The highest BCUT2D eigenvalue weighted by Gasteiger charge is 2.31. The Morgan fingerprint density at radius 3 is 0.900 bits per heavy atom.